The zero-order valence-corrected chi connectivity index (χ0v) is 12.4. The Kier molecular flexibility index (Phi) is 4.49. The Bertz CT molecular complexity index is 775. The molecule has 0 saturated carbocycles. The molecule has 2 rings (SSSR count). The van der Waals surface area contributed by atoms with E-state index >= 15 is 0 Å². The van der Waals surface area contributed by atoms with Crippen LogP contribution in [0.1, 0.15) is 6.42 Å². The van der Waals surface area contributed by atoms with E-state index in [4.69, 9.17) is 48.3 Å². The fourth-order valence-corrected chi connectivity index (χ4v) is 2.24. The molecule has 1 atom stereocenters. The molecule has 0 aliphatic heterocycles. The molecule has 0 fully saturated rings. The molecule has 0 amide bonds. The SMILES string of the molecule is [B]C([B])C(C#C)(CC([B])([B])n1cnc2c(N)nc(F)nc21)OC. The zero-order chi connectivity index (χ0) is 17.4. The number of nitrogens with zero attached hydrogens (tertiary/aromatic N) is 4. The van der Waals surface area contributed by atoms with Crippen molar-refractivity contribution in [3.63, 3.8) is 0 Å². The summed E-state index contributed by atoms with van der Waals surface area (Å²) in [6, 6.07) is 0. The van der Waals surface area contributed by atoms with Crippen molar-refractivity contribution in [2.45, 2.75) is 23.1 Å². The number of nitrogens with two attached hydrogens (primary N) is 1. The number of ether oxygens (including phenoxy) is 1. The van der Waals surface area contributed by atoms with Crippen molar-refractivity contribution >= 4 is 48.4 Å². The van der Waals surface area contributed by atoms with Crippen LogP contribution in [0.15, 0.2) is 6.33 Å². The second-order valence-corrected chi connectivity index (χ2v) is 5.10. The number of terminal acetylenes is 1. The topological polar surface area (TPSA) is 78.9 Å². The summed E-state index contributed by atoms with van der Waals surface area (Å²) >= 11 is 0. The number of hydrogen-bond donors (Lipinski definition) is 1. The fourth-order valence-electron chi connectivity index (χ4n) is 2.24. The number of anilines is 1. The van der Waals surface area contributed by atoms with E-state index in [1.165, 1.54) is 18.0 Å². The number of rotatable bonds is 5. The molecule has 23 heavy (non-hydrogen) atoms. The number of aromatic nitrogens is 4. The lowest BCUT2D eigenvalue weighted by Crippen LogP contribution is -2.47. The van der Waals surface area contributed by atoms with Gasteiger partial charge >= 0.3 is 6.08 Å². The number of halogens is 1. The van der Waals surface area contributed by atoms with Crippen LogP contribution in [0.3, 0.4) is 0 Å². The molecule has 0 saturated heterocycles. The molecule has 11 heteroatoms. The van der Waals surface area contributed by atoms with Crippen molar-refractivity contribution in [1.82, 2.24) is 19.5 Å². The third-order valence-electron chi connectivity index (χ3n) is 3.54. The third-order valence-corrected chi connectivity index (χ3v) is 3.54. The Hall–Kier alpha value is -1.94. The van der Waals surface area contributed by atoms with Crippen LogP contribution in [0, 0.1) is 18.4 Å². The molecule has 2 N–H and O–H groups in total. The summed E-state index contributed by atoms with van der Waals surface area (Å²) in [5.41, 5.74) is 3.24. The van der Waals surface area contributed by atoms with E-state index in [-0.39, 0.29) is 23.4 Å². The fraction of sp³-hybridized carbons (Fsp3) is 0.417. The summed E-state index contributed by atoms with van der Waals surface area (Å²) < 4.78 is 19.9. The quantitative estimate of drug-likeness (QED) is 0.435. The first kappa shape index (κ1) is 17.4. The smallest absolute Gasteiger partial charge is 0.312 e. The molecule has 6 nitrogen and oxygen atoms in total. The molecule has 2 aromatic rings. The average Bonchev–Trinajstić information content (AvgIpc) is 2.89. The molecular weight excluding hydrogens is 292 g/mol. The van der Waals surface area contributed by atoms with Crippen molar-refractivity contribution in [2.24, 2.45) is 0 Å². The Morgan fingerprint density at radius 1 is 1.48 bits per heavy atom. The maximum absolute atomic E-state index is 13.4. The first-order valence-corrected chi connectivity index (χ1v) is 6.45. The van der Waals surface area contributed by atoms with Gasteiger partial charge in [0.2, 0.25) is 0 Å². The van der Waals surface area contributed by atoms with Crippen molar-refractivity contribution in [3.8, 4) is 12.3 Å². The minimum Gasteiger partial charge on any atom is -0.382 e. The molecule has 2 heterocycles. The van der Waals surface area contributed by atoms with E-state index in [1.807, 2.05) is 0 Å². The second-order valence-electron chi connectivity index (χ2n) is 5.10. The molecule has 0 aromatic carbocycles. The normalized spacial score (nSPS) is 14.7. The molecule has 0 aliphatic carbocycles. The summed E-state index contributed by atoms with van der Waals surface area (Å²) in [6.07, 6.45) is 5.47. The third kappa shape index (κ3) is 2.95. The highest BCUT2D eigenvalue weighted by Crippen LogP contribution is 2.33. The largest absolute Gasteiger partial charge is 0.382 e. The number of nitrogen functional groups attached to an aromatic ring is 1. The van der Waals surface area contributed by atoms with Crippen molar-refractivity contribution in [1.29, 1.82) is 0 Å². The molecule has 8 radical (unpaired) electrons. The van der Waals surface area contributed by atoms with Gasteiger partial charge in [0.1, 0.15) is 11.1 Å². The Morgan fingerprint density at radius 3 is 2.65 bits per heavy atom. The van der Waals surface area contributed by atoms with Crippen LogP contribution in [0.2, 0.25) is 5.72 Å². The maximum atomic E-state index is 13.4. The number of methoxy groups -OCH3 is 1. The van der Waals surface area contributed by atoms with Crippen LogP contribution in [0.25, 0.3) is 11.2 Å². The zero-order valence-electron chi connectivity index (χ0n) is 12.4. The standard InChI is InChI=1S/C12H10B4FN5O/c1-3-11(23-2,9(13)14)4-12(15,16)22-5-19-6-7(18)20-10(17)21-8(6)22/h1,5,9H,4H2,2H3,(H2,18,20,21). The van der Waals surface area contributed by atoms with E-state index in [2.05, 4.69) is 20.9 Å². The number of hydrogen-bond acceptors (Lipinski definition) is 5. The molecule has 2 aromatic heterocycles. The first-order valence-electron chi connectivity index (χ1n) is 6.45. The van der Waals surface area contributed by atoms with E-state index < -0.39 is 22.7 Å². The highest BCUT2D eigenvalue weighted by molar-refractivity contribution is 6.39. The summed E-state index contributed by atoms with van der Waals surface area (Å²) in [7, 11) is 24.9. The Morgan fingerprint density at radius 2 is 2.13 bits per heavy atom. The molecule has 0 spiro atoms. The van der Waals surface area contributed by atoms with Crippen LogP contribution >= 0.6 is 0 Å². The molecule has 108 valence electrons. The van der Waals surface area contributed by atoms with Gasteiger partial charge in [-0.1, -0.05) is 11.6 Å². The van der Waals surface area contributed by atoms with Crippen LogP contribution in [-0.2, 0) is 10.1 Å². The first-order chi connectivity index (χ1) is 10.7. The minimum atomic E-state index is -1.68. The summed E-state index contributed by atoms with van der Waals surface area (Å²) in [5.74, 6) is 2.21. The van der Waals surface area contributed by atoms with Gasteiger partial charge in [-0.3, -0.25) is 0 Å². The van der Waals surface area contributed by atoms with Crippen molar-refractivity contribution in [2.75, 3.05) is 12.8 Å². The molecular formula is C12H10B4FN5O. The van der Waals surface area contributed by atoms with Crippen LogP contribution in [0.4, 0.5) is 10.2 Å². The maximum Gasteiger partial charge on any atom is 0.312 e. The van der Waals surface area contributed by atoms with Crippen molar-refractivity contribution in [3.05, 3.63) is 12.4 Å². The lowest BCUT2D eigenvalue weighted by molar-refractivity contribution is 0.0341. The summed E-state index contributed by atoms with van der Waals surface area (Å²) in [4.78, 5) is 11.0. The number of imidazole rings is 1. The summed E-state index contributed by atoms with van der Waals surface area (Å²) in [6.45, 7) is 0. The lowest BCUT2D eigenvalue weighted by atomic mass is 9.51. The van der Waals surface area contributed by atoms with Crippen LogP contribution in [-0.4, -0.2) is 63.6 Å². The van der Waals surface area contributed by atoms with Gasteiger partial charge in [-0.15, -0.1) is 6.42 Å². The minimum absolute atomic E-state index is 0.00705. The van der Waals surface area contributed by atoms with E-state index in [1.54, 1.807) is 0 Å². The van der Waals surface area contributed by atoms with Gasteiger partial charge < -0.3 is 15.0 Å². The number of fused-ring (bicyclic) bond motifs is 1. The lowest BCUT2D eigenvalue weighted by Gasteiger charge is -2.40. The predicted octanol–water partition coefficient (Wildman–Crippen LogP) is -1.01. The summed E-state index contributed by atoms with van der Waals surface area (Å²) in [5, 5.41) is -1.68. The van der Waals surface area contributed by atoms with Gasteiger partial charge in [-0.05, 0) is 11.8 Å². The highest BCUT2D eigenvalue weighted by atomic mass is 19.1. The van der Waals surface area contributed by atoms with Gasteiger partial charge in [0.25, 0.3) is 0 Å². The highest BCUT2D eigenvalue weighted by Gasteiger charge is 2.38. The Balaban J connectivity index is 2.54. The van der Waals surface area contributed by atoms with E-state index in [0.717, 1.165) is 0 Å². The van der Waals surface area contributed by atoms with Gasteiger partial charge in [0, 0.05) is 7.11 Å². The van der Waals surface area contributed by atoms with Gasteiger partial charge in [0.15, 0.2) is 11.5 Å². The van der Waals surface area contributed by atoms with Gasteiger partial charge in [-0.25, -0.2) is 4.98 Å². The monoisotopic (exact) mass is 303 g/mol. The molecule has 0 aliphatic rings. The molecule has 0 bridgehead atoms. The van der Waals surface area contributed by atoms with E-state index in [9.17, 15) is 4.39 Å². The van der Waals surface area contributed by atoms with Gasteiger partial charge in [-0.2, -0.15) is 14.4 Å². The van der Waals surface area contributed by atoms with Crippen LogP contribution < -0.4 is 5.73 Å². The van der Waals surface area contributed by atoms with E-state index in [0.29, 0.717) is 0 Å². The second kappa shape index (κ2) is 5.93. The Labute approximate surface area is 138 Å². The predicted molar refractivity (Wildman–Crippen MR) is 87.6 cm³/mol. The van der Waals surface area contributed by atoms with Crippen LogP contribution in [0.5, 0.6) is 0 Å². The molecule has 1 unspecified atom stereocenters. The van der Waals surface area contributed by atoms with Crippen molar-refractivity contribution < 1.29 is 9.13 Å². The average molecular weight is 302 g/mol. The van der Waals surface area contributed by atoms with Gasteiger partial charge in [0.05, 0.1) is 37.7 Å².